The van der Waals surface area contributed by atoms with E-state index in [1.54, 1.807) is 18.2 Å². The van der Waals surface area contributed by atoms with E-state index < -0.39 is 10.8 Å². The Kier molecular flexibility index (Phi) is 5.76. The number of carbonyl (C=O) groups excluding carboxylic acids is 1. The zero-order valence-corrected chi connectivity index (χ0v) is 15.0. The first-order valence-electron chi connectivity index (χ1n) is 8.00. The fourth-order valence-corrected chi connectivity index (χ4v) is 3.87. The Morgan fingerprint density at radius 1 is 1.04 bits per heavy atom. The highest BCUT2D eigenvalue weighted by atomic mass is 32.2. The lowest BCUT2D eigenvalue weighted by atomic mass is 10.2. The van der Waals surface area contributed by atoms with Gasteiger partial charge in [-0.25, -0.2) is 4.98 Å². The Balaban J connectivity index is 1.93. The van der Waals surface area contributed by atoms with Gasteiger partial charge in [0.25, 0.3) is 5.91 Å². The van der Waals surface area contributed by atoms with E-state index in [-0.39, 0.29) is 23.1 Å². The Morgan fingerprint density at radius 3 is 2.35 bits per heavy atom. The summed E-state index contributed by atoms with van der Waals surface area (Å²) in [5.41, 5.74) is 1.86. The second kappa shape index (κ2) is 8.40. The van der Waals surface area contributed by atoms with E-state index in [1.807, 2.05) is 48.5 Å². The minimum atomic E-state index is -1.48. The van der Waals surface area contributed by atoms with Gasteiger partial charge in [0.15, 0.2) is 0 Å². The fourth-order valence-electron chi connectivity index (χ4n) is 2.49. The molecule has 0 saturated carbocycles. The molecule has 3 rings (SSSR count). The summed E-state index contributed by atoms with van der Waals surface area (Å²) >= 11 is 0. The summed E-state index contributed by atoms with van der Waals surface area (Å²) in [5.74, 6) is 0.113. The van der Waals surface area contributed by atoms with Crippen molar-refractivity contribution < 1.29 is 13.7 Å². The highest BCUT2D eigenvalue weighted by molar-refractivity contribution is 7.84. The summed E-state index contributed by atoms with van der Waals surface area (Å²) < 4.78 is 18.2. The van der Waals surface area contributed by atoms with Crippen molar-refractivity contribution in [2.45, 2.75) is 10.6 Å². The number of nitrogens with one attached hydrogen (secondary N) is 1. The van der Waals surface area contributed by atoms with E-state index in [0.717, 1.165) is 5.56 Å². The van der Waals surface area contributed by atoms with E-state index in [9.17, 15) is 9.00 Å². The summed E-state index contributed by atoms with van der Waals surface area (Å²) in [7, 11) is -0.0354. The van der Waals surface area contributed by atoms with Crippen LogP contribution >= 0.6 is 0 Å². The fraction of sp³-hybridized carbons (Fsp3) is 0.100. The number of aromatic nitrogens is 1. The number of pyridine rings is 1. The number of benzene rings is 2. The van der Waals surface area contributed by atoms with Crippen molar-refractivity contribution in [3.8, 4) is 5.88 Å². The molecule has 0 aliphatic carbocycles. The van der Waals surface area contributed by atoms with Crippen LogP contribution in [-0.2, 0) is 16.6 Å². The number of rotatable bonds is 6. The number of para-hydroxylation sites is 1. The summed E-state index contributed by atoms with van der Waals surface area (Å²) in [4.78, 5) is 17.1. The van der Waals surface area contributed by atoms with Gasteiger partial charge in [-0.05, 0) is 23.8 Å². The third-order valence-electron chi connectivity index (χ3n) is 3.71. The van der Waals surface area contributed by atoms with Crippen LogP contribution in [0.15, 0.2) is 77.8 Å². The number of carbonyl (C=O) groups is 1. The second-order valence-electron chi connectivity index (χ2n) is 5.49. The molecule has 3 aromatic rings. The molecule has 0 bridgehead atoms. The molecular weight excluding hydrogens is 348 g/mol. The number of methoxy groups -OCH3 is 1. The van der Waals surface area contributed by atoms with Gasteiger partial charge in [0.2, 0.25) is 5.88 Å². The van der Waals surface area contributed by atoms with Crippen LogP contribution in [0.25, 0.3) is 0 Å². The van der Waals surface area contributed by atoms with Crippen molar-refractivity contribution >= 4 is 22.4 Å². The lowest BCUT2D eigenvalue weighted by molar-refractivity contribution is 0.102. The van der Waals surface area contributed by atoms with Crippen molar-refractivity contribution in [2.24, 2.45) is 0 Å². The van der Waals surface area contributed by atoms with E-state index >= 15 is 0 Å². The van der Waals surface area contributed by atoms with Gasteiger partial charge in [0, 0.05) is 11.9 Å². The maximum absolute atomic E-state index is 13.0. The van der Waals surface area contributed by atoms with Crippen LogP contribution in [0.3, 0.4) is 0 Å². The average molecular weight is 366 g/mol. The predicted octanol–water partition coefficient (Wildman–Crippen LogP) is 3.65. The third kappa shape index (κ3) is 4.15. The zero-order chi connectivity index (χ0) is 18.4. The van der Waals surface area contributed by atoms with E-state index in [0.29, 0.717) is 10.6 Å². The molecule has 0 radical (unpaired) electrons. The molecule has 1 amide bonds. The van der Waals surface area contributed by atoms with Crippen molar-refractivity contribution in [1.29, 1.82) is 0 Å². The van der Waals surface area contributed by atoms with Crippen LogP contribution in [0.5, 0.6) is 5.88 Å². The minimum Gasteiger partial charge on any atom is -0.480 e. The molecule has 0 aliphatic heterocycles. The SMILES string of the molecule is COc1nccc(C(=O)Nc2ccccc2)c1S(=O)Cc1ccccc1. The highest BCUT2D eigenvalue weighted by Gasteiger charge is 2.22. The standard InChI is InChI=1S/C20H18N2O3S/c1-25-20-18(26(24)14-15-8-4-2-5-9-15)17(12-13-21-20)19(23)22-16-10-6-3-7-11-16/h2-13H,14H2,1H3,(H,22,23). The van der Waals surface area contributed by atoms with Gasteiger partial charge in [-0.15, -0.1) is 0 Å². The quantitative estimate of drug-likeness (QED) is 0.723. The second-order valence-corrected chi connectivity index (χ2v) is 6.88. The maximum Gasteiger partial charge on any atom is 0.257 e. The molecule has 0 fully saturated rings. The summed E-state index contributed by atoms with van der Waals surface area (Å²) in [6.45, 7) is 0. The number of amides is 1. The van der Waals surface area contributed by atoms with Gasteiger partial charge in [0.1, 0.15) is 4.90 Å². The molecule has 0 aliphatic rings. The lowest BCUT2D eigenvalue weighted by Crippen LogP contribution is -2.16. The monoisotopic (exact) mass is 366 g/mol. The summed E-state index contributed by atoms with van der Waals surface area (Å²) in [6, 6.07) is 20.1. The molecule has 1 N–H and O–H groups in total. The van der Waals surface area contributed by atoms with Crippen molar-refractivity contribution in [3.05, 3.63) is 84.1 Å². The van der Waals surface area contributed by atoms with Gasteiger partial charge < -0.3 is 10.1 Å². The van der Waals surface area contributed by atoms with Crippen LogP contribution in [-0.4, -0.2) is 22.2 Å². The molecule has 1 unspecified atom stereocenters. The van der Waals surface area contributed by atoms with Gasteiger partial charge >= 0.3 is 0 Å². The zero-order valence-electron chi connectivity index (χ0n) is 14.2. The number of hydrogen-bond acceptors (Lipinski definition) is 4. The molecule has 1 aromatic heterocycles. The molecule has 1 atom stereocenters. The van der Waals surface area contributed by atoms with Gasteiger partial charge in [0.05, 0.1) is 29.2 Å². The minimum absolute atomic E-state index is 0.194. The van der Waals surface area contributed by atoms with Gasteiger partial charge in [-0.1, -0.05) is 48.5 Å². The van der Waals surface area contributed by atoms with Crippen molar-refractivity contribution in [1.82, 2.24) is 4.98 Å². The largest absolute Gasteiger partial charge is 0.480 e. The van der Waals surface area contributed by atoms with Crippen LogP contribution < -0.4 is 10.1 Å². The first kappa shape index (κ1) is 17.8. The van der Waals surface area contributed by atoms with E-state index in [2.05, 4.69) is 10.3 Å². The topological polar surface area (TPSA) is 68.3 Å². The first-order valence-corrected chi connectivity index (χ1v) is 9.32. The number of anilines is 1. The van der Waals surface area contributed by atoms with Gasteiger partial charge in [-0.2, -0.15) is 0 Å². The first-order chi connectivity index (χ1) is 12.7. The molecule has 26 heavy (non-hydrogen) atoms. The normalized spacial score (nSPS) is 11.6. The molecule has 6 heteroatoms. The molecule has 1 heterocycles. The summed E-state index contributed by atoms with van der Waals surface area (Å²) in [6.07, 6.45) is 1.47. The average Bonchev–Trinajstić information content (AvgIpc) is 2.68. The smallest absolute Gasteiger partial charge is 0.257 e. The molecule has 5 nitrogen and oxygen atoms in total. The Labute approximate surface area is 154 Å². The van der Waals surface area contributed by atoms with Crippen molar-refractivity contribution in [2.75, 3.05) is 12.4 Å². The Hall–Kier alpha value is -2.99. The van der Waals surface area contributed by atoms with Crippen molar-refractivity contribution in [3.63, 3.8) is 0 Å². The molecule has 132 valence electrons. The number of nitrogens with zero attached hydrogens (tertiary/aromatic N) is 1. The Morgan fingerprint density at radius 2 is 1.69 bits per heavy atom. The highest BCUT2D eigenvalue weighted by Crippen LogP contribution is 2.26. The summed E-state index contributed by atoms with van der Waals surface area (Å²) in [5, 5.41) is 2.81. The van der Waals surface area contributed by atoms with Crippen LogP contribution in [0.2, 0.25) is 0 Å². The van der Waals surface area contributed by atoms with E-state index in [4.69, 9.17) is 4.74 Å². The molecule has 2 aromatic carbocycles. The maximum atomic E-state index is 13.0. The van der Waals surface area contributed by atoms with Crippen LogP contribution in [0.4, 0.5) is 5.69 Å². The number of ether oxygens (including phenoxy) is 1. The molecular formula is C20H18N2O3S. The number of hydrogen-bond donors (Lipinski definition) is 1. The Bertz CT molecular complexity index is 915. The lowest BCUT2D eigenvalue weighted by Gasteiger charge is -2.13. The molecule has 0 saturated heterocycles. The van der Waals surface area contributed by atoms with Crippen LogP contribution in [0.1, 0.15) is 15.9 Å². The predicted molar refractivity (Wildman–Crippen MR) is 102 cm³/mol. The third-order valence-corrected chi connectivity index (χ3v) is 5.16. The van der Waals surface area contributed by atoms with Crippen LogP contribution in [0, 0.1) is 0 Å². The van der Waals surface area contributed by atoms with Gasteiger partial charge in [-0.3, -0.25) is 9.00 Å². The van der Waals surface area contributed by atoms with E-state index in [1.165, 1.54) is 13.3 Å². The molecule has 0 spiro atoms.